The van der Waals surface area contributed by atoms with E-state index in [2.05, 4.69) is 0 Å². The first kappa shape index (κ1) is 12.1. The van der Waals surface area contributed by atoms with E-state index in [1.807, 2.05) is 30.3 Å². The molecule has 0 unspecified atom stereocenters. The van der Waals surface area contributed by atoms with Crippen LogP contribution in [-0.2, 0) is 21.0 Å². The van der Waals surface area contributed by atoms with Crippen LogP contribution in [0.2, 0.25) is 0 Å². The number of hydrogen-bond donors (Lipinski definition) is 0. The molecule has 0 spiro atoms. The molecule has 17 heavy (non-hydrogen) atoms. The number of halogens is 2. The highest BCUT2D eigenvalue weighted by Gasteiger charge is 2.38. The predicted octanol–water partition coefficient (Wildman–Crippen LogP) is 2.18. The largest absolute Gasteiger partial charge is 0.298 e. The van der Waals surface area contributed by atoms with Gasteiger partial charge in [-0.15, -0.1) is 5.06 Å². The monoisotopic (exact) mass is 271 g/mol. The van der Waals surface area contributed by atoms with Gasteiger partial charge in [-0.1, -0.05) is 53.5 Å². The average Bonchev–Trinajstić information content (AvgIpc) is 2.54. The van der Waals surface area contributed by atoms with E-state index in [0.29, 0.717) is 5.06 Å². The molecule has 6 heteroatoms. The third-order valence-corrected chi connectivity index (χ3v) is 2.94. The molecule has 0 radical (unpaired) electrons. The van der Waals surface area contributed by atoms with E-state index < -0.39 is 11.8 Å². The summed E-state index contributed by atoms with van der Waals surface area (Å²) in [6.07, 6.45) is 0. The van der Waals surface area contributed by atoms with Crippen LogP contribution in [0, 0.1) is 0 Å². The maximum absolute atomic E-state index is 11.5. The topological polar surface area (TPSA) is 46.6 Å². The molecule has 0 saturated carbocycles. The second-order valence-electron chi connectivity index (χ2n) is 3.29. The standard InChI is InChI=1S/C11H7Cl2NO3/c12-8-9(13)11(16)14(10(8)15)17-6-7-4-2-1-3-5-7/h1-5H,6H2. The fourth-order valence-corrected chi connectivity index (χ4v) is 1.60. The van der Waals surface area contributed by atoms with Gasteiger partial charge in [0.1, 0.15) is 16.7 Å². The molecule has 0 fully saturated rings. The van der Waals surface area contributed by atoms with Gasteiger partial charge in [0.05, 0.1) is 0 Å². The smallest absolute Gasteiger partial charge is 0.265 e. The van der Waals surface area contributed by atoms with Gasteiger partial charge in [-0.05, 0) is 5.56 Å². The van der Waals surface area contributed by atoms with Crippen molar-refractivity contribution >= 4 is 35.0 Å². The summed E-state index contributed by atoms with van der Waals surface area (Å²) in [5.74, 6) is -1.48. The summed E-state index contributed by atoms with van der Waals surface area (Å²) >= 11 is 11.1. The van der Waals surface area contributed by atoms with Crippen LogP contribution in [0.15, 0.2) is 40.4 Å². The molecule has 4 nitrogen and oxygen atoms in total. The highest BCUT2D eigenvalue weighted by molar-refractivity contribution is 6.57. The lowest BCUT2D eigenvalue weighted by Crippen LogP contribution is -2.31. The van der Waals surface area contributed by atoms with Gasteiger partial charge in [0, 0.05) is 0 Å². The minimum absolute atomic E-state index is 0.0899. The Bertz CT molecular complexity index is 475. The van der Waals surface area contributed by atoms with Gasteiger partial charge in [0.25, 0.3) is 11.8 Å². The van der Waals surface area contributed by atoms with Crippen LogP contribution in [0.3, 0.4) is 0 Å². The van der Waals surface area contributed by atoms with Crippen LogP contribution >= 0.6 is 23.2 Å². The van der Waals surface area contributed by atoms with Gasteiger partial charge in [-0.2, -0.15) is 0 Å². The molecule has 0 bridgehead atoms. The summed E-state index contributed by atoms with van der Waals surface area (Å²) in [7, 11) is 0. The number of imide groups is 1. The molecule has 1 aromatic carbocycles. The molecule has 1 aromatic rings. The second-order valence-corrected chi connectivity index (χ2v) is 4.05. The van der Waals surface area contributed by atoms with Crippen LogP contribution in [0.4, 0.5) is 0 Å². The Balaban J connectivity index is 2.03. The Kier molecular flexibility index (Phi) is 3.47. The van der Waals surface area contributed by atoms with Crippen LogP contribution in [-0.4, -0.2) is 16.9 Å². The summed E-state index contributed by atoms with van der Waals surface area (Å²) in [4.78, 5) is 28.0. The van der Waals surface area contributed by atoms with E-state index in [1.54, 1.807) is 0 Å². The maximum Gasteiger partial charge on any atom is 0.298 e. The molecule has 0 atom stereocenters. The number of nitrogens with zero attached hydrogens (tertiary/aromatic N) is 1. The minimum Gasteiger partial charge on any atom is -0.265 e. The zero-order valence-electron chi connectivity index (χ0n) is 8.52. The zero-order chi connectivity index (χ0) is 12.4. The SMILES string of the molecule is O=C1C(Cl)=C(Cl)C(=O)N1OCc1ccccc1. The van der Waals surface area contributed by atoms with Crippen molar-refractivity contribution in [3.05, 3.63) is 46.0 Å². The van der Waals surface area contributed by atoms with Crippen LogP contribution in [0.25, 0.3) is 0 Å². The van der Waals surface area contributed by atoms with Gasteiger partial charge in [-0.3, -0.25) is 14.4 Å². The van der Waals surface area contributed by atoms with Crippen LogP contribution in [0.5, 0.6) is 0 Å². The van der Waals surface area contributed by atoms with Crippen molar-refractivity contribution in [3.63, 3.8) is 0 Å². The Hall–Kier alpha value is -1.36. The lowest BCUT2D eigenvalue weighted by atomic mass is 10.2. The Morgan fingerprint density at radius 2 is 1.53 bits per heavy atom. The van der Waals surface area contributed by atoms with E-state index in [9.17, 15) is 9.59 Å². The van der Waals surface area contributed by atoms with Crippen molar-refractivity contribution in [2.45, 2.75) is 6.61 Å². The van der Waals surface area contributed by atoms with E-state index in [-0.39, 0.29) is 16.7 Å². The number of carbonyl (C=O) groups excluding carboxylic acids is 2. The lowest BCUT2D eigenvalue weighted by molar-refractivity contribution is -0.189. The highest BCUT2D eigenvalue weighted by atomic mass is 35.5. The third kappa shape index (κ3) is 2.34. The first-order valence-electron chi connectivity index (χ1n) is 4.72. The van der Waals surface area contributed by atoms with Gasteiger partial charge in [0.15, 0.2) is 0 Å². The molecular formula is C11H7Cl2NO3. The third-order valence-electron chi connectivity index (χ3n) is 2.14. The van der Waals surface area contributed by atoms with Gasteiger partial charge < -0.3 is 0 Å². The number of benzene rings is 1. The number of amides is 2. The molecule has 0 N–H and O–H groups in total. The van der Waals surface area contributed by atoms with E-state index in [1.165, 1.54) is 0 Å². The van der Waals surface area contributed by atoms with Crippen molar-refractivity contribution in [2.75, 3.05) is 0 Å². The van der Waals surface area contributed by atoms with E-state index in [4.69, 9.17) is 28.0 Å². The van der Waals surface area contributed by atoms with Gasteiger partial charge >= 0.3 is 0 Å². The van der Waals surface area contributed by atoms with E-state index in [0.717, 1.165) is 5.56 Å². The molecule has 2 amide bonds. The van der Waals surface area contributed by atoms with Crippen LogP contribution in [0.1, 0.15) is 5.56 Å². The average molecular weight is 272 g/mol. The van der Waals surface area contributed by atoms with Crippen molar-refractivity contribution in [3.8, 4) is 0 Å². The summed E-state index contributed by atoms with van der Waals surface area (Å²) in [5, 5.41) is -0.0630. The summed E-state index contributed by atoms with van der Waals surface area (Å²) in [6.45, 7) is 0.0899. The van der Waals surface area contributed by atoms with Gasteiger partial charge in [0.2, 0.25) is 0 Å². The number of carbonyl (C=O) groups is 2. The van der Waals surface area contributed by atoms with Gasteiger partial charge in [-0.25, -0.2) is 0 Å². The molecule has 88 valence electrons. The number of hydroxylamine groups is 2. The summed E-state index contributed by atoms with van der Waals surface area (Å²) in [6, 6.07) is 9.11. The fraction of sp³-hybridized carbons (Fsp3) is 0.0909. The molecule has 0 saturated heterocycles. The quantitative estimate of drug-likeness (QED) is 0.792. The summed E-state index contributed by atoms with van der Waals surface area (Å²) in [5.41, 5.74) is 0.826. The predicted molar refractivity (Wildman–Crippen MR) is 61.8 cm³/mol. The van der Waals surface area contributed by atoms with Crippen LogP contribution < -0.4 is 0 Å². The maximum atomic E-state index is 11.5. The Labute approximate surface area is 107 Å². The Morgan fingerprint density at radius 3 is 2.06 bits per heavy atom. The number of rotatable bonds is 3. The number of hydrogen-bond acceptors (Lipinski definition) is 3. The normalized spacial score (nSPS) is 16.0. The first-order valence-corrected chi connectivity index (χ1v) is 5.47. The Morgan fingerprint density at radius 1 is 1.00 bits per heavy atom. The molecule has 1 aliphatic rings. The molecule has 0 aromatic heterocycles. The first-order chi connectivity index (χ1) is 8.11. The highest BCUT2D eigenvalue weighted by Crippen LogP contribution is 2.27. The second kappa shape index (κ2) is 4.87. The van der Waals surface area contributed by atoms with Crippen molar-refractivity contribution in [2.24, 2.45) is 0 Å². The fourth-order valence-electron chi connectivity index (χ4n) is 1.29. The molecular weight excluding hydrogens is 265 g/mol. The van der Waals surface area contributed by atoms with E-state index >= 15 is 0 Å². The van der Waals surface area contributed by atoms with Crippen molar-refractivity contribution in [1.29, 1.82) is 0 Å². The summed E-state index contributed by atoms with van der Waals surface area (Å²) < 4.78 is 0. The molecule has 1 heterocycles. The van der Waals surface area contributed by atoms with Crippen molar-refractivity contribution in [1.82, 2.24) is 5.06 Å². The van der Waals surface area contributed by atoms with Crippen molar-refractivity contribution < 1.29 is 14.4 Å². The molecule has 1 aliphatic heterocycles. The molecule has 2 rings (SSSR count). The zero-order valence-corrected chi connectivity index (χ0v) is 10.0. The minimum atomic E-state index is -0.738. The molecule has 0 aliphatic carbocycles. The lowest BCUT2D eigenvalue weighted by Gasteiger charge is -2.13.